The zero-order valence-electron chi connectivity index (χ0n) is 8.65. The van der Waals surface area contributed by atoms with Crippen LogP contribution in [-0.2, 0) is 9.59 Å². The zero-order valence-corrected chi connectivity index (χ0v) is 9.41. The molecule has 1 aromatic rings. The number of aldehydes is 1. The van der Waals surface area contributed by atoms with Gasteiger partial charge in [-0.2, -0.15) is 0 Å². The van der Waals surface area contributed by atoms with Gasteiger partial charge < -0.3 is 5.32 Å². The highest BCUT2D eigenvalue weighted by atomic mass is 35.5. The zero-order chi connectivity index (χ0) is 11.8. The molecule has 0 fully saturated rings. The summed E-state index contributed by atoms with van der Waals surface area (Å²) in [5.41, 5.74) is 1.63. The molecule has 0 saturated carbocycles. The first-order valence-corrected chi connectivity index (χ1v) is 5.37. The van der Waals surface area contributed by atoms with Gasteiger partial charge in [0, 0.05) is 18.0 Å². The first-order chi connectivity index (χ1) is 7.76. The average molecular weight is 238 g/mol. The van der Waals surface area contributed by atoms with Crippen molar-refractivity contribution in [3.05, 3.63) is 35.9 Å². The Morgan fingerprint density at radius 2 is 2.00 bits per heavy atom. The predicted octanol–water partition coefficient (Wildman–Crippen LogP) is 2.47. The maximum Gasteiger partial charge on any atom is 0.225 e. The second-order valence-electron chi connectivity index (χ2n) is 3.10. The van der Waals surface area contributed by atoms with Crippen LogP contribution in [-0.4, -0.2) is 18.1 Å². The lowest BCUT2D eigenvalue weighted by Crippen LogP contribution is -2.11. The lowest BCUT2D eigenvalue weighted by molar-refractivity contribution is -0.115. The van der Waals surface area contributed by atoms with E-state index in [1.165, 1.54) is 6.08 Å². The predicted molar refractivity (Wildman–Crippen MR) is 65.5 cm³/mol. The Labute approximate surface area is 99.1 Å². The summed E-state index contributed by atoms with van der Waals surface area (Å²) >= 11 is 5.44. The maximum atomic E-state index is 11.2. The number of rotatable bonds is 5. The van der Waals surface area contributed by atoms with E-state index in [1.807, 2.05) is 12.1 Å². The topological polar surface area (TPSA) is 46.2 Å². The summed E-state index contributed by atoms with van der Waals surface area (Å²) in [4.78, 5) is 21.3. The lowest BCUT2D eigenvalue weighted by Gasteiger charge is -2.03. The molecule has 0 unspecified atom stereocenters. The Morgan fingerprint density at radius 1 is 1.31 bits per heavy atom. The summed E-state index contributed by atoms with van der Waals surface area (Å²) in [6.45, 7) is 0. The van der Waals surface area contributed by atoms with Crippen molar-refractivity contribution >= 4 is 35.6 Å². The summed E-state index contributed by atoms with van der Waals surface area (Å²) in [5.74, 6) is 0.206. The number of hydrogen-bond donors (Lipinski definition) is 1. The van der Waals surface area contributed by atoms with Gasteiger partial charge in [-0.3, -0.25) is 9.59 Å². The smallest absolute Gasteiger partial charge is 0.225 e. The molecule has 1 N–H and O–H groups in total. The van der Waals surface area contributed by atoms with E-state index in [-0.39, 0.29) is 5.91 Å². The van der Waals surface area contributed by atoms with Crippen LogP contribution in [0.25, 0.3) is 6.08 Å². The number of allylic oxidation sites excluding steroid dienone is 1. The number of hydrogen-bond acceptors (Lipinski definition) is 2. The van der Waals surface area contributed by atoms with E-state index in [0.29, 0.717) is 12.3 Å². The molecular weight excluding hydrogens is 226 g/mol. The molecule has 0 aromatic heterocycles. The van der Waals surface area contributed by atoms with E-state index in [4.69, 9.17) is 11.6 Å². The molecule has 4 heteroatoms. The van der Waals surface area contributed by atoms with Crippen molar-refractivity contribution in [1.82, 2.24) is 0 Å². The fourth-order valence-electron chi connectivity index (χ4n) is 1.14. The maximum absolute atomic E-state index is 11.2. The molecule has 3 nitrogen and oxygen atoms in total. The van der Waals surface area contributed by atoms with E-state index < -0.39 is 0 Å². The number of carbonyl (C=O) groups excluding carboxylic acids is 2. The van der Waals surface area contributed by atoms with E-state index in [9.17, 15) is 9.59 Å². The molecule has 1 rings (SSSR count). The van der Waals surface area contributed by atoms with Gasteiger partial charge in [0.05, 0.1) is 0 Å². The van der Waals surface area contributed by atoms with Gasteiger partial charge in [-0.15, -0.1) is 11.6 Å². The van der Waals surface area contributed by atoms with E-state index >= 15 is 0 Å². The van der Waals surface area contributed by atoms with Crippen molar-refractivity contribution < 1.29 is 9.59 Å². The molecule has 0 spiro atoms. The van der Waals surface area contributed by atoms with Crippen molar-refractivity contribution in [1.29, 1.82) is 0 Å². The van der Waals surface area contributed by atoms with Gasteiger partial charge >= 0.3 is 0 Å². The van der Waals surface area contributed by atoms with Crippen LogP contribution in [0.1, 0.15) is 12.0 Å². The quantitative estimate of drug-likeness (QED) is 0.486. The molecule has 0 heterocycles. The van der Waals surface area contributed by atoms with Gasteiger partial charge in [-0.1, -0.05) is 18.2 Å². The monoisotopic (exact) mass is 237 g/mol. The molecule has 84 valence electrons. The first-order valence-electron chi connectivity index (χ1n) is 4.84. The molecule has 0 radical (unpaired) electrons. The minimum atomic E-state index is -0.105. The van der Waals surface area contributed by atoms with E-state index in [1.54, 1.807) is 18.2 Å². The van der Waals surface area contributed by atoms with E-state index in [0.717, 1.165) is 17.5 Å². The first kappa shape index (κ1) is 12.5. The molecule has 0 saturated heterocycles. The molecule has 0 aliphatic carbocycles. The van der Waals surface area contributed by atoms with Crippen LogP contribution < -0.4 is 5.32 Å². The van der Waals surface area contributed by atoms with Crippen molar-refractivity contribution in [3.63, 3.8) is 0 Å². The molecule has 16 heavy (non-hydrogen) atoms. The average Bonchev–Trinajstić information content (AvgIpc) is 2.28. The summed E-state index contributed by atoms with van der Waals surface area (Å²) in [6, 6.07) is 7.18. The number of amides is 1. The molecule has 1 aromatic carbocycles. The fourth-order valence-corrected chi connectivity index (χ4v) is 1.31. The SMILES string of the molecule is O=CC=Cc1ccc(NC(=O)CCCl)cc1. The third-order valence-electron chi connectivity index (χ3n) is 1.88. The van der Waals surface area contributed by atoms with Gasteiger partial charge in [0.25, 0.3) is 0 Å². The Morgan fingerprint density at radius 3 is 2.56 bits per heavy atom. The van der Waals surface area contributed by atoms with Crippen molar-refractivity contribution in [3.8, 4) is 0 Å². The summed E-state index contributed by atoms with van der Waals surface area (Å²) < 4.78 is 0. The largest absolute Gasteiger partial charge is 0.326 e. The van der Waals surface area contributed by atoms with Gasteiger partial charge in [0.1, 0.15) is 6.29 Å². The Bertz CT molecular complexity index is 385. The van der Waals surface area contributed by atoms with Gasteiger partial charge in [0.2, 0.25) is 5.91 Å². The van der Waals surface area contributed by atoms with Crippen molar-refractivity contribution in [2.45, 2.75) is 6.42 Å². The minimum absolute atomic E-state index is 0.105. The lowest BCUT2D eigenvalue weighted by atomic mass is 10.2. The number of carbonyl (C=O) groups is 2. The minimum Gasteiger partial charge on any atom is -0.326 e. The van der Waals surface area contributed by atoms with Crippen LogP contribution in [0.5, 0.6) is 0 Å². The Balaban J connectivity index is 2.60. The summed E-state index contributed by atoms with van der Waals surface area (Å²) in [6.07, 6.45) is 4.13. The van der Waals surface area contributed by atoms with Crippen LogP contribution in [0.15, 0.2) is 30.3 Å². The summed E-state index contributed by atoms with van der Waals surface area (Å²) in [5, 5.41) is 2.71. The van der Waals surface area contributed by atoms with Crippen LogP contribution in [0.3, 0.4) is 0 Å². The van der Waals surface area contributed by atoms with Crippen LogP contribution in [0, 0.1) is 0 Å². The Hall–Kier alpha value is -1.61. The van der Waals surface area contributed by atoms with Crippen molar-refractivity contribution in [2.24, 2.45) is 0 Å². The normalized spacial score (nSPS) is 10.3. The molecule has 1 amide bonds. The van der Waals surface area contributed by atoms with Gasteiger partial charge in [0.15, 0.2) is 0 Å². The van der Waals surface area contributed by atoms with Crippen LogP contribution >= 0.6 is 11.6 Å². The highest BCUT2D eigenvalue weighted by Gasteiger charge is 2.00. The number of alkyl halides is 1. The second kappa shape index (κ2) is 6.80. The molecule has 0 atom stereocenters. The van der Waals surface area contributed by atoms with Gasteiger partial charge in [-0.05, 0) is 23.8 Å². The highest BCUT2D eigenvalue weighted by molar-refractivity contribution is 6.19. The number of halogens is 1. The second-order valence-corrected chi connectivity index (χ2v) is 3.48. The molecule has 0 aliphatic heterocycles. The molecule has 0 bridgehead atoms. The molecular formula is C12H12ClNO2. The fraction of sp³-hybridized carbons (Fsp3) is 0.167. The van der Waals surface area contributed by atoms with Crippen LogP contribution in [0.4, 0.5) is 5.69 Å². The number of nitrogens with one attached hydrogen (secondary N) is 1. The third-order valence-corrected chi connectivity index (χ3v) is 2.07. The Kier molecular flexibility index (Phi) is 5.29. The number of benzene rings is 1. The van der Waals surface area contributed by atoms with Gasteiger partial charge in [-0.25, -0.2) is 0 Å². The van der Waals surface area contributed by atoms with E-state index in [2.05, 4.69) is 5.32 Å². The van der Waals surface area contributed by atoms with Crippen LogP contribution in [0.2, 0.25) is 0 Å². The summed E-state index contributed by atoms with van der Waals surface area (Å²) in [7, 11) is 0. The van der Waals surface area contributed by atoms with Crippen molar-refractivity contribution in [2.75, 3.05) is 11.2 Å². The number of anilines is 1. The third kappa shape index (κ3) is 4.28. The highest BCUT2D eigenvalue weighted by Crippen LogP contribution is 2.10. The molecule has 0 aliphatic rings. The standard InChI is InChI=1S/C12H12ClNO2/c13-8-7-12(16)14-11-5-3-10(4-6-11)2-1-9-15/h1-6,9H,7-8H2,(H,14,16).